The number of rotatable bonds is 1. The van der Waals surface area contributed by atoms with E-state index < -0.39 is 5.41 Å². The lowest BCUT2D eigenvalue weighted by molar-refractivity contribution is -0.122. The predicted molar refractivity (Wildman–Crippen MR) is 66.7 cm³/mol. The third-order valence-corrected chi connectivity index (χ3v) is 2.32. The standard InChI is InChI=1S/C14H17NO2/c1-9-7-11(8-10(2)17-9)12(15-6)13(16)14(3,4)5/h7-8H,1-5H3. The first-order valence-electron chi connectivity index (χ1n) is 5.46. The van der Waals surface area contributed by atoms with Crippen LogP contribution in [0.15, 0.2) is 34.9 Å². The molecule has 3 nitrogen and oxygen atoms in total. The molecule has 0 unspecified atom stereocenters. The average molecular weight is 231 g/mol. The highest BCUT2D eigenvalue weighted by Gasteiger charge is 2.27. The largest absolute Gasteiger partial charge is 0.467 e. The van der Waals surface area contributed by atoms with E-state index in [2.05, 4.69) is 4.85 Å². The SMILES string of the molecule is [C-]#[N+]C(C(=O)C(C)(C)C)=C1C=C(C)OC(C)=C1. The van der Waals surface area contributed by atoms with E-state index in [0.29, 0.717) is 17.1 Å². The van der Waals surface area contributed by atoms with Gasteiger partial charge in [0, 0.05) is 5.41 Å². The summed E-state index contributed by atoms with van der Waals surface area (Å²) in [7, 11) is 0. The van der Waals surface area contributed by atoms with Gasteiger partial charge >= 0.3 is 0 Å². The van der Waals surface area contributed by atoms with Gasteiger partial charge in [0.25, 0.3) is 0 Å². The fourth-order valence-electron chi connectivity index (χ4n) is 1.53. The van der Waals surface area contributed by atoms with Crippen LogP contribution in [0, 0.1) is 12.0 Å². The van der Waals surface area contributed by atoms with Gasteiger partial charge in [-0.3, -0.25) is 0 Å². The van der Waals surface area contributed by atoms with Gasteiger partial charge in [0.1, 0.15) is 0 Å². The number of hydrogen-bond acceptors (Lipinski definition) is 2. The van der Waals surface area contributed by atoms with Crippen molar-refractivity contribution in [1.29, 1.82) is 0 Å². The van der Waals surface area contributed by atoms with Gasteiger partial charge in [0.15, 0.2) is 5.78 Å². The van der Waals surface area contributed by atoms with Crippen LogP contribution in [0.3, 0.4) is 0 Å². The zero-order valence-corrected chi connectivity index (χ0v) is 10.9. The normalized spacial score (nSPS) is 15.4. The first-order chi connectivity index (χ1) is 7.75. The Balaban J connectivity index is 3.31. The van der Waals surface area contributed by atoms with Crippen molar-refractivity contribution in [2.75, 3.05) is 0 Å². The molecule has 0 fully saturated rings. The molecule has 0 aliphatic carbocycles. The second-order valence-corrected chi connectivity index (χ2v) is 5.11. The van der Waals surface area contributed by atoms with Gasteiger partial charge in [0.05, 0.1) is 18.1 Å². The summed E-state index contributed by atoms with van der Waals surface area (Å²) in [5, 5.41) is 0. The first-order valence-corrected chi connectivity index (χ1v) is 5.46. The maximum absolute atomic E-state index is 12.1. The molecule has 1 rings (SSSR count). The Morgan fingerprint density at radius 3 is 2.06 bits per heavy atom. The smallest absolute Gasteiger partial charge is 0.237 e. The molecule has 0 saturated heterocycles. The number of hydrogen-bond donors (Lipinski definition) is 0. The summed E-state index contributed by atoms with van der Waals surface area (Å²) in [6.45, 7) is 16.2. The van der Waals surface area contributed by atoms with Gasteiger partial charge in [-0.1, -0.05) is 20.8 Å². The van der Waals surface area contributed by atoms with Crippen molar-refractivity contribution in [2.45, 2.75) is 34.6 Å². The van der Waals surface area contributed by atoms with E-state index in [0.717, 1.165) is 0 Å². The Labute approximate surface area is 102 Å². The fraction of sp³-hybridized carbons (Fsp3) is 0.429. The Bertz CT molecular complexity index is 459. The summed E-state index contributed by atoms with van der Waals surface area (Å²) in [4.78, 5) is 15.5. The minimum absolute atomic E-state index is 0.141. The average Bonchev–Trinajstić information content (AvgIpc) is 2.15. The summed E-state index contributed by atoms with van der Waals surface area (Å²) in [6.07, 6.45) is 3.45. The molecular formula is C14H17NO2. The van der Waals surface area contributed by atoms with E-state index in [1.165, 1.54) is 0 Å². The summed E-state index contributed by atoms with van der Waals surface area (Å²) < 4.78 is 5.35. The van der Waals surface area contributed by atoms with Gasteiger partial charge in [-0.2, -0.15) is 0 Å². The van der Waals surface area contributed by atoms with Crippen LogP contribution < -0.4 is 0 Å². The maximum Gasteiger partial charge on any atom is 0.237 e. The molecule has 0 spiro atoms. The van der Waals surface area contributed by atoms with Gasteiger partial charge in [-0.25, -0.2) is 4.85 Å². The van der Waals surface area contributed by atoms with Crippen molar-refractivity contribution in [3.63, 3.8) is 0 Å². The number of nitrogens with zero attached hydrogens (tertiary/aromatic N) is 1. The van der Waals surface area contributed by atoms with Crippen LogP contribution >= 0.6 is 0 Å². The van der Waals surface area contributed by atoms with Gasteiger partial charge < -0.3 is 9.53 Å². The molecule has 17 heavy (non-hydrogen) atoms. The van der Waals surface area contributed by atoms with E-state index in [1.54, 1.807) is 26.0 Å². The van der Waals surface area contributed by atoms with Crippen LogP contribution in [0.4, 0.5) is 0 Å². The van der Waals surface area contributed by atoms with Crippen molar-refractivity contribution in [1.82, 2.24) is 0 Å². The second-order valence-electron chi connectivity index (χ2n) is 5.11. The fourth-order valence-corrected chi connectivity index (χ4v) is 1.53. The molecule has 0 N–H and O–H groups in total. The van der Waals surface area contributed by atoms with Gasteiger partial charge in [0.2, 0.25) is 5.70 Å². The van der Waals surface area contributed by atoms with Gasteiger partial charge in [-0.15, -0.1) is 0 Å². The molecule has 0 atom stereocenters. The number of ether oxygens (including phenoxy) is 1. The van der Waals surface area contributed by atoms with Crippen LogP contribution in [0.5, 0.6) is 0 Å². The van der Waals surface area contributed by atoms with E-state index in [-0.39, 0.29) is 11.5 Å². The van der Waals surface area contributed by atoms with Crippen molar-refractivity contribution in [3.05, 3.63) is 46.4 Å². The third kappa shape index (κ3) is 3.07. The third-order valence-electron chi connectivity index (χ3n) is 2.32. The molecule has 3 heteroatoms. The molecule has 1 aliphatic rings. The molecule has 0 aromatic carbocycles. The predicted octanol–water partition coefficient (Wildman–Crippen LogP) is 3.61. The molecule has 1 heterocycles. The molecule has 0 radical (unpaired) electrons. The molecule has 1 aliphatic heterocycles. The van der Waals surface area contributed by atoms with Crippen LogP contribution in [0.2, 0.25) is 0 Å². The first kappa shape index (κ1) is 13.2. The van der Waals surface area contributed by atoms with Crippen molar-refractivity contribution >= 4 is 5.78 Å². The molecule has 0 aromatic heterocycles. The van der Waals surface area contributed by atoms with E-state index >= 15 is 0 Å². The Hall–Kier alpha value is -1.82. The van der Waals surface area contributed by atoms with E-state index in [1.807, 2.05) is 20.8 Å². The van der Waals surface area contributed by atoms with Crippen LogP contribution in [-0.4, -0.2) is 5.78 Å². The van der Waals surface area contributed by atoms with Crippen LogP contribution in [0.25, 0.3) is 4.85 Å². The highest BCUT2D eigenvalue weighted by molar-refractivity contribution is 6.02. The highest BCUT2D eigenvalue weighted by atomic mass is 16.5. The minimum atomic E-state index is -0.547. The Morgan fingerprint density at radius 2 is 1.71 bits per heavy atom. The summed E-state index contributed by atoms with van der Waals surface area (Å²) in [5.41, 5.74) is 0.273. The second kappa shape index (κ2) is 4.58. The monoisotopic (exact) mass is 231 g/mol. The number of allylic oxidation sites excluding steroid dienone is 6. The lowest BCUT2D eigenvalue weighted by Gasteiger charge is -2.18. The Kier molecular flexibility index (Phi) is 3.57. The van der Waals surface area contributed by atoms with Crippen molar-refractivity contribution in [2.24, 2.45) is 5.41 Å². The molecule has 0 amide bonds. The number of ketones is 1. The number of Topliss-reactive ketones (excluding diaryl/α,β-unsaturated/α-hetero) is 1. The summed E-state index contributed by atoms with van der Waals surface area (Å²) >= 11 is 0. The molecular weight excluding hydrogens is 214 g/mol. The minimum Gasteiger partial charge on any atom is -0.467 e. The van der Waals surface area contributed by atoms with E-state index in [4.69, 9.17) is 11.3 Å². The summed E-state index contributed by atoms with van der Waals surface area (Å²) in [6, 6.07) is 0. The van der Waals surface area contributed by atoms with Crippen molar-refractivity contribution < 1.29 is 9.53 Å². The lowest BCUT2D eigenvalue weighted by atomic mass is 9.87. The van der Waals surface area contributed by atoms with Crippen molar-refractivity contribution in [3.8, 4) is 0 Å². The highest BCUT2D eigenvalue weighted by Crippen LogP contribution is 2.27. The van der Waals surface area contributed by atoms with Crippen LogP contribution in [0.1, 0.15) is 34.6 Å². The zero-order valence-electron chi connectivity index (χ0n) is 10.9. The quantitative estimate of drug-likeness (QED) is 0.510. The van der Waals surface area contributed by atoms with Gasteiger partial charge in [-0.05, 0) is 31.6 Å². The zero-order chi connectivity index (χ0) is 13.2. The van der Waals surface area contributed by atoms with E-state index in [9.17, 15) is 4.79 Å². The number of carbonyl (C=O) groups excluding carboxylic acids is 1. The molecule has 90 valence electrons. The topological polar surface area (TPSA) is 30.7 Å². The maximum atomic E-state index is 12.1. The Morgan fingerprint density at radius 1 is 1.24 bits per heavy atom. The summed E-state index contributed by atoms with van der Waals surface area (Å²) in [5.74, 6) is 1.25. The molecule has 0 aromatic rings. The lowest BCUT2D eigenvalue weighted by Crippen LogP contribution is -2.22. The van der Waals surface area contributed by atoms with Crippen LogP contribution in [-0.2, 0) is 9.53 Å². The number of carbonyl (C=O) groups is 1. The molecule has 0 saturated carbocycles. The molecule has 0 bridgehead atoms.